The Morgan fingerprint density at radius 3 is 3.00 bits per heavy atom. The van der Waals surface area contributed by atoms with Crippen molar-refractivity contribution in [3.63, 3.8) is 0 Å². The summed E-state index contributed by atoms with van der Waals surface area (Å²) in [7, 11) is 1.65. The van der Waals surface area contributed by atoms with Crippen LogP contribution < -0.4 is 4.74 Å². The Kier molecular flexibility index (Phi) is 1.89. The van der Waals surface area contributed by atoms with Crippen molar-refractivity contribution in [3.05, 3.63) is 36.0 Å². The second-order valence-corrected chi connectivity index (χ2v) is 2.92. The van der Waals surface area contributed by atoms with Crippen LogP contribution in [-0.2, 0) is 0 Å². The molecule has 1 aromatic heterocycles. The molecule has 0 aliphatic heterocycles. The molecule has 0 bridgehead atoms. The van der Waals surface area contributed by atoms with E-state index in [1.165, 1.54) is 0 Å². The third-order valence-electron chi connectivity index (χ3n) is 1.94. The van der Waals surface area contributed by atoms with Crippen LogP contribution in [-0.4, -0.2) is 12.1 Å². The number of pyridine rings is 1. The van der Waals surface area contributed by atoms with Crippen LogP contribution in [0.3, 0.4) is 0 Å². The van der Waals surface area contributed by atoms with Gasteiger partial charge in [-0.25, -0.2) is 0 Å². The molecule has 2 rings (SSSR count). The Morgan fingerprint density at radius 1 is 1.38 bits per heavy atom. The van der Waals surface area contributed by atoms with Gasteiger partial charge < -0.3 is 4.74 Å². The van der Waals surface area contributed by atoms with E-state index in [1.54, 1.807) is 7.11 Å². The van der Waals surface area contributed by atoms with Crippen LogP contribution in [0.5, 0.6) is 5.75 Å². The first-order valence-electron chi connectivity index (χ1n) is 4.12. The minimum Gasteiger partial charge on any atom is -0.497 e. The maximum atomic E-state index is 5.11. The second kappa shape index (κ2) is 3.05. The van der Waals surface area contributed by atoms with Gasteiger partial charge in [-0.1, -0.05) is 0 Å². The first kappa shape index (κ1) is 8.05. The van der Waals surface area contributed by atoms with Gasteiger partial charge in [0.15, 0.2) is 0 Å². The zero-order valence-electron chi connectivity index (χ0n) is 7.66. The molecule has 0 atom stereocenters. The van der Waals surface area contributed by atoms with Crippen molar-refractivity contribution < 1.29 is 4.74 Å². The van der Waals surface area contributed by atoms with E-state index < -0.39 is 0 Å². The summed E-state index contributed by atoms with van der Waals surface area (Å²) < 4.78 is 5.11. The fourth-order valence-electron chi connectivity index (χ4n) is 1.26. The molecule has 0 saturated carbocycles. The lowest BCUT2D eigenvalue weighted by molar-refractivity contribution is 0.415. The number of aryl methyl sites for hydroxylation is 1. The summed E-state index contributed by atoms with van der Waals surface area (Å²) in [5.74, 6) is 0.832. The molecule has 2 heteroatoms. The van der Waals surface area contributed by atoms with Crippen LogP contribution in [0.15, 0.2) is 24.3 Å². The van der Waals surface area contributed by atoms with Gasteiger partial charge in [0, 0.05) is 17.1 Å². The molecule has 0 aliphatic carbocycles. The molecular weight excluding hydrogens is 162 g/mol. The van der Waals surface area contributed by atoms with Gasteiger partial charge in [0.2, 0.25) is 0 Å². The number of fused-ring (bicyclic) bond motifs is 1. The average Bonchev–Trinajstić information content (AvgIpc) is 2.16. The summed E-state index contributed by atoms with van der Waals surface area (Å²) in [5, 5.41) is 1.02. The Hall–Kier alpha value is -1.57. The monoisotopic (exact) mass is 172 g/mol. The smallest absolute Gasteiger partial charge is 0.121 e. The lowest BCUT2D eigenvalue weighted by Crippen LogP contribution is -1.86. The summed E-state index contributed by atoms with van der Waals surface area (Å²) in [6.07, 6.45) is 0. The summed E-state index contributed by atoms with van der Waals surface area (Å²) in [6, 6.07) is 10.8. The van der Waals surface area contributed by atoms with Gasteiger partial charge in [0.05, 0.1) is 12.6 Å². The lowest BCUT2D eigenvalue weighted by atomic mass is 10.2. The minimum atomic E-state index is 0.832. The number of hydrogen-bond donors (Lipinski definition) is 0. The van der Waals surface area contributed by atoms with Crippen LogP contribution in [0.25, 0.3) is 10.9 Å². The Morgan fingerprint density at radius 2 is 2.23 bits per heavy atom. The second-order valence-electron chi connectivity index (χ2n) is 2.92. The van der Waals surface area contributed by atoms with Gasteiger partial charge in [0.1, 0.15) is 5.75 Å². The molecule has 13 heavy (non-hydrogen) atoms. The molecule has 0 saturated heterocycles. The fraction of sp³-hybridized carbons (Fsp3) is 0.182. The zero-order valence-corrected chi connectivity index (χ0v) is 7.66. The van der Waals surface area contributed by atoms with Crippen molar-refractivity contribution in [1.82, 2.24) is 4.98 Å². The number of hydrogen-bond acceptors (Lipinski definition) is 2. The first-order chi connectivity index (χ1) is 6.29. The maximum Gasteiger partial charge on any atom is 0.121 e. The van der Waals surface area contributed by atoms with E-state index in [0.29, 0.717) is 0 Å². The highest BCUT2D eigenvalue weighted by Gasteiger charge is 1.97. The van der Waals surface area contributed by atoms with Crippen molar-refractivity contribution in [1.29, 1.82) is 0 Å². The molecule has 0 spiro atoms. The van der Waals surface area contributed by atoms with Gasteiger partial charge >= 0.3 is 0 Å². The maximum absolute atomic E-state index is 5.11. The quantitative estimate of drug-likeness (QED) is 0.658. The number of nitrogens with zero attached hydrogens (tertiary/aromatic N) is 1. The van der Waals surface area contributed by atoms with E-state index in [1.807, 2.05) is 31.2 Å². The topological polar surface area (TPSA) is 22.1 Å². The molecule has 1 radical (unpaired) electrons. The standard InChI is InChI=1S/C11H10NO/c1-8-3-4-9-5-6-10(13-2)7-11(9)12-8/h3,5-7H,1-2H3. The fourth-order valence-corrected chi connectivity index (χ4v) is 1.26. The highest BCUT2D eigenvalue weighted by Crippen LogP contribution is 2.18. The van der Waals surface area contributed by atoms with Crippen molar-refractivity contribution in [3.8, 4) is 5.75 Å². The molecule has 0 N–H and O–H groups in total. The zero-order chi connectivity index (χ0) is 9.26. The predicted octanol–water partition coefficient (Wildman–Crippen LogP) is 2.35. The van der Waals surface area contributed by atoms with Crippen molar-refractivity contribution >= 4 is 10.9 Å². The summed E-state index contributed by atoms with van der Waals surface area (Å²) in [4.78, 5) is 4.37. The van der Waals surface area contributed by atoms with Crippen LogP contribution in [0.2, 0.25) is 0 Å². The molecule has 1 heterocycles. The van der Waals surface area contributed by atoms with Gasteiger partial charge in [-0.3, -0.25) is 4.98 Å². The van der Waals surface area contributed by atoms with Crippen LogP contribution in [0, 0.1) is 13.0 Å². The van der Waals surface area contributed by atoms with Crippen molar-refractivity contribution in [2.75, 3.05) is 7.11 Å². The van der Waals surface area contributed by atoms with E-state index >= 15 is 0 Å². The van der Waals surface area contributed by atoms with Crippen LogP contribution in [0.4, 0.5) is 0 Å². The summed E-state index contributed by atoms with van der Waals surface area (Å²) in [5.41, 5.74) is 1.90. The summed E-state index contributed by atoms with van der Waals surface area (Å²) in [6.45, 7) is 1.95. The molecule has 2 nitrogen and oxygen atoms in total. The SMILES string of the molecule is COc1ccc2[c]cc(C)nc2c1. The van der Waals surface area contributed by atoms with Gasteiger partial charge in [-0.05, 0) is 31.2 Å². The number of methoxy groups -OCH3 is 1. The number of rotatable bonds is 1. The molecule has 1 aromatic carbocycles. The van der Waals surface area contributed by atoms with Crippen molar-refractivity contribution in [2.45, 2.75) is 6.92 Å². The molecule has 2 aromatic rings. The number of aromatic nitrogens is 1. The predicted molar refractivity (Wildman–Crippen MR) is 51.9 cm³/mol. The number of benzene rings is 1. The average molecular weight is 172 g/mol. The highest BCUT2D eigenvalue weighted by molar-refractivity contribution is 5.79. The van der Waals surface area contributed by atoms with Crippen LogP contribution >= 0.6 is 0 Å². The van der Waals surface area contributed by atoms with E-state index in [9.17, 15) is 0 Å². The van der Waals surface area contributed by atoms with E-state index in [4.69, 9.17) is 4.74 Å². The Labute approximate surface area is 77.2 Å². The van der Waals surface area contributed by atoms with Gasteiger partial charge in [0.25, 0.3) is 0 Å². The largest absolute Gasteiger partial charge is 0.497 e. The van der Waals surface area contributed by atoms with Gasteiger partial charge in [-0.15, -0.1) is 0 Å². The normalized spacial score (nSPS) is 10.3. The summed E-state index contributed by atoms with van der Waals surface area (Å²) >= 11 is 0. The minimum absolute atomic E-state index is 0.832. The highest BCUT2D eigenvalue weighted by atomic mass is 16.5. The van der Waals surface area contributed by atoms with E-state index in [2.05, 4.69) is 11.1 Å². The van der Waals surface area contributed by atoms with E-state index in [0.717, 1.165) is 22.3 Å². The van der Waals surface area contributed by atoms with E-state index in [-0.39, 0.29) is 0 Å². The molecular formula is C11H10NO. The number of ether oxygens (including phenoxy) is 1. The third kappa shape index (κ3) is 1.47. The van der Waals surface area contributed by atoms with Gasteiger partial charge in [-0.2, -0.15) is 0 Å². The third-order valence-corrected chi connectivity index (χ3v) is 1.94. The lowest BCUT2D eigenvalue weighted by Gasteiger charge is -2.01. The molecule has 65 valence electrons. The molecule has 0 unspecified atom stereocenters. The molecule has 0 aliphatic rings. The molecule has 0 fully saturated rings. The van der Waals surface area contributed by atoms with Crippen molar-refractivity contribution in [2.24, 2.45) is 0 Å². The Bertz CT molecular complexity index is 437. The Balaban J connectivity index is 2.68. The first-order valence-corrected chi connectivity index (χ1v) is 4.12. The van der Waals surface area contributed by atoms with Crippen LogP contribution in [0.1, 0.15) is 5.69 Å². The molecule has 0 amide bonds.